The van der Waals surface area contributed by atoms with E-state index in [1.165, 1.54) is 24.8 Å². The van der Waals surface area contributed by atoms with Gasteiger partial charge in [-0.05, 0) is 74.5 Å². The third-order valence-corrected chi connectivity index (χ3v) is 8.17. The van der Waals surface area contributed by atoms with Crippen molar-refractivity contribution < 1.29 is 14.9 Å². The molecule has 0 aromatic rings. The van der Waals surface area contributed by atoms with Gasteiger partial charge in [-0.2, -0.15) is 0 Å². The lowest BCUT2D eigenvalue weighted by molar-refractivity contribution is -0.0977. The molecule has 0 unspecified atom stereocenters. The van der Waals surface area contributed by atoms with Gasteiger partial charge < -0.3 is 14.9 Å². The quantitative estimate of drug-likeness (QED) is 0.768. The molecule has 3 saturated carbocycles. The van der Waals surface area contributed by atoms with Crippen LogP contribution in [0.25, 0.3) is 0 Å². The minimum atomic E-state index is -0.256. The van der Waals surface area contributed by atoms with E-state index in [0.29, 0.717) is 11.8 Å². The molecule has 7 atom stereocenters. The lowest BCUT2D eigenvalue weighted by Gasteiger charge is -2.59. The lowest BCUT2D eigenvalue weighted by Crippen LogP contribution is -2.53. The van der Waals surface area contributed by atoms with Crippen LogP contribution in [0, 0.1) is 28.6 Å². The van der Waals surface area contributed by atoms with E-state index in [-0.39, 0.29) is 23.0 Å². The van der Waals surface area contributed by atoms with E-state index < -0.39 is 0 Å². The van der Waals surface area contributed by atoms with Gasteiger partial charge in [-0.1, -0.05) is 18.6 Å². The smallest absolute Gasteiger partial charge is 0.0724 e. The van der Waals surface area contributed by atoms with Crippen LogP contribution in [-0.4, -0.2) is 36.1 Å². The summed E-state index contributed by atoms with van der Waals surface area (Å²) < 4.78 is 5.71. The van der Waals surface area contributed by atoms with Crippen LogP contribution in [0.5, 0.6) is 0 Å². The van der Waals surface area contributed by atoms with E-state index in [9.17, 15) is 10.2 Å². The Morgan fingerprint density at radius 3 is 2.70 bits per heavy atom. The van der Waals surface area contributed by atoms with Crippen LogP contribution in [0.2, 0.25) is 0 Å². The fourth-order valence-electron chi connectivity index (χ4n) is 7.00. The summed E-state index contributed by atoms with van der Waals surface area (Å²) in [5.74, 6) is 2.09. The molecule has 0 amide bonds. The molecule has 3 fully saturated rings. The van der Waals surface area contributed by atoms with Gasteiger partial charge in [0.05, 0.1) is 18.8 Å². The summed E-state index contributed by atoms with van der Waals surface area (Å²) in [4.78, 5) is 0. The SMILES string of the molecule is COC[C@]12CC[C@H](O)C=C1CC[C@@H]1[C@@H]2CC[C@]2(C)[C@@H](O)CC[C@@H]12. The molecule has 4 aliphatic rings. The molecule has 3 heteroatoms. The van der Waals surface area contributed by atoms with Crippen molar-refractivity contribution in [1.82, 2.24) is 0 Å². The van der Waals surface area contributed by atoms with Gasteiger partial charge in [0.2, 0.25) is 0 Å². The third kappa shape index (κ3) is 2.19. The van der Waals surface area contributed by atoms with Crippen LogP contribution in [0.4, 0.5) is 0 Å². The van der Waals surface area contributed by atoms with Gasteiger partial charge in [-0.25, -0.2) is 0 Å². The predicted octanol–water partition coefficient (Wildman–Crippen LogP) is 3.30. The standard InChI is InChI=1S/C20H32O3/c1-19-9-8-17-15(16(19)5-6-18(19)22)4-3-13-11-14(21)7-10-20(13,17)12-23-2/h11,14-18,21-22H,3-10,12H2,1-2H3/t14-,15-,16-,17-,18-,19-,20+/m0/s1. The second kappa shape index (κ2) is 5.57. The molecule has 3 nitrogen and oxygen atoms in total. The summed E-state index contributed by atoms with van der Waals surface area (Å²) in [7, 11) is 1.83. The molecule has 0 heterocycles. The van der Waals surface area contributed by atoms with Gasteiger partial charge in [0.25, 0.3) is 0 Å². The minimum absolute atomic E-state index is 0.100. The first-order chi connectivity index (χ1) is 11.0. The molecule has 23 heavy (non-hydrogen) atoms. The summed E-state index contributed by atoms with van der Waals surface area (Å²) in [6.45, 7) is 3.14. The molecule has 0 aromatic heterocycles. The van der Waals surface area contributed by atoms with E-state index in [1.54, 1.807) is 0 Å². The zero-order valence-electron chi connectivity index (χ0n) is 14.6. The summed E-state index contributed by atoms with van der Waals surface area (Å²) in [5.41, 5.74) is 1.78. The van der Waals surface area contributed by atoms with Crippen molar-refractivity contribution in [3.05, 3.63) is 11.6 Å². The van der Waals surface area contributed by atoms with Crippen molar-refractivity contribution in [3.8, 4) is 0 Å². The zero-order chi connectivity index (χ0) is 16.2. The molecule has 0 radical (unpaired) electrons. The Morgan fingerprint density at radius 1 is 1.09 bits per heavy atom. The first-order valence-corrected chi connectivity index (χ1v) is 9.57. The van der Waals surface area contributed by atoms with Crippen LogP contribution in [-0.2, 0) is 4.74 Å². The molecule has 2 N–H and O–H groups in total. The van der Waals surface area contributed by atoms with E-state index in [4.69, 9.17) is 4.74 Å². The fourth-order valence-corrected chi connectivity index (χ4v) is 7.00. The number of methoxy groups -OCH3 is 1. The van der Waals surface area contributed by atoms with Crippen LogP contribution in [0.1, 0.15) is 58.3 Å². The van der Waals surface area contributed by atoms with Gasteiger partial charge in [0.1, 0.15) is 0 Å². The van der Waals surface area contributed by atoms with E-state index in [1.807, 2.05) is 7.11 Å². The first kappa shape index (κ1) is 16.1. The molecule has 0 saturated heterocycles. The first-order valence-electron chi connectivity index (χ1n) is 9.57. The Bertz CT molecular complexity index is 501. The zero-order valence-corrected chi connectivity index (χ0v) is 14.6. The number of fused-ring (bicyclic) bond motifs is 5. The van der Waals surface area contributed by atoms with Crippen molar-refractivity contribution in [2.45, 2.75) is 70.5 Å². The van der Waals surface area contributed by atoms with Crippen LogP contribution < -0.4 is 0 Å². The third-order valence-electron chi connectivity index (χ3n) is 8.17. The highest BCUT2D eigenvalue weighted by molar-refractivity contribution is 5.26. The molecule has 0 bridgehead atoms. The number of aliphatic hydroxyl groups is 2. The van der Waals surface area contributed by atoms with Crippen molar-refractivity contribution in [1.29, 1.82) is 0 Å². The Balaban J connectivity index is 1.70. The number of rotatable bonds is 2. The predicted molar refractivity (Wildman–Crippen MR) is 89.9 cm³/mol. The number of hydrogen-bond donors (Lipinski definition) is 2. The monoisotopic (exact) mass is 320 g/mol. The van der Waals surface area contributed by atoms with Crippen molar-refractivity contribution in [3.63, 3.8) is 0 Å². The highest BCUT2D eigenvalue weighted by Crippen LogP contribution is 2.65. The van der Waals surface area contributed by atoms with Crippen LogP contribution in [0.3, 0.4) is 0 Å². The van der Waals surface area contributed by atoms with Crippen LogP contribution in [0.15, 0.2) is 11.6 Å². The number of hydrogen-bond acceptors (Lipinski definition) is 3. The van der Waals surface area contributed by atoms with Crippen molar-refractivity contribution >= 4 is 0 Å². The molecule has 0 spiro atoms. The van der Waals surface area contributed by atoms with Crippen molar-refractivity contribution in [2.24, 2.45) is 28.6 Å². The number of aliphatic hydroxyl groups excluding tert-OH is 2. The molecule has 4 rings (SSSR count). The van der Waals surface area contributed by atoms with Gasteiger partial charge in [-0.3, -0.25) is 0 Å². The Labute approximate surface area is 140 Å². The summed E-state index contributed by atoms with van der Waals surface area (Å²) in [6, 6.07) is 0. The normalized spacial score (nSPS) is 52.3. The molecular formula is C20H32O3. The van der Waals surface area contributed by atoms with Gasteiger partial charge in [0.15, 0.2) is 0 Å². The van der Waals surface area contributed by atoms with E-state index in [2.05, 4.69) is 13.0 Å². The molecule has 0 aliphatic heterocycles. The average molecular weight is 320 g/mol. The highest BCUT2D eigenvalue weighted by Gasteiger charge is 2.59. The fraction of sp³-hybridized carbons (Fsp3) is 0.900. The Morgan fingerprint density at radius 2 is 1.91 bits per heavy atom. The maximum Gasteiger partial charge on any atom is 0.0724 e. The summed E-state index contributed by atoms with van der Waals surface area (Å²) >= 11 is 0. The Kier molecular flexibility index (Phi) is 3.90. The molecular weight excluding hydrogens is 288 g/mol. The van der Waals surface area contributed by atoms with Crippen LogP contribution >= 0.6 is 0 Å². The van der Waals surface area contributed by atoms with Gasteiger partial charge in [-0.15, -0.1) is 0 Å². The number of ether oxygens (including phenoxy) is 1. The summed E-state index contributed by atoms with van der Waals surface area (Å²) in [6.07, 6.45) is 10.6. The van der Waals surface area contributed by atoms with E-state index >= 15 is 0 Å². The van der Waals surface area contributed by atoms with Crippen molar-refractivity contribution in [2.75, 3.05) is 13.7 Å². The molecule has 0 aromatic carbocycles. The highest BCUT2D eigenvalue weighted by atomic mass is 16.5. The topological polar surface area (TPSA) is 49.7 Å². The maximum atomic E-state index is 10.5. The van der Waals surface area contributed by atoms with Gasteiger partial charge in [0, 0.05) is 12.5 Å². The van der Waals surface area contributed by atoms with E-state index in [0.717, 1.165) is 44.6 Å². The Hall–Kier alpha value is -0.380. The second-order valence-electron chi connectivity index (χ2n) is 8.94. The summed E-state index contributed by atoms with van der Waals surface area (Å²) in [5, 5.41) is 20.6. The maximum absolute atomic E-state index is 10.5. The minimum Gasteiger partial charge on any atom is -0.393 e. The largest absolute Gasteiger partial charge is 0.393 e. The average Bonchev–Trinajstić information content (AvgIpc) is 2.84. The van der Waals surface area contributed by atoms with Gasteiger partial charge >= 0.3 is 0 Å². The molecule has 130 valence electrons. The second-order valence-corrected chi connectivity index (χ2v) is 8.94. The lowest BCUT2D eigenvalue weighted by atomic mass is 9.47. The molecule has 4 aliphatic carbocycles.